The molecule has 0 spiro atoms. The highest BCUT2D eigenvalue weighted by Gasteiger charge is 2.34. The van der Waals surface area contributed by atoms with Crippen LogP contribution < -0.4 is 5.73 Å². The van der Waals surface area contributed by atoms with Crippen molar-refractivity contribution in [1.29, 1.82) is 0 Å². The molecule has 1 saturated carbocycles. The van der Waals surface area contributed by atoms with E-state index in [2.05, 4.69) is 18.9 Å². The van der Waals surface area contributed by atoms with Crippen LogP contribution in [0.25, 0.3) is 0 Å². The monoisotopic (exact) mass is 214 g/mol. The molecule has 1 aliphatic carbocycles. The van der Waals surface area contributed by atoms with Crippen LogP contribution in [0, 0.1) is 0 Å². The zero-order chi connectivity index (χ0) is 11.3. The van der Waals surface area contributed by atoms with Gasteiger partial charge >= 0.3 is 0 Å². The van der Waals surface area contributed by atoms with Crippen molar-refractivity contribution >= 4 is 0 Å². The third-order valence-electron chi connectivity index (χ3n) is 3.91. The molecule has 1 aliphatic rings. The first kappa shape index (κ1) is 12.9. The molecule has 0 aromatic carbocycles. The highest BCUT2D eigenvalue weighted by Crippen LogP contribution is 2.32. The van der Waals surface area contributed by atoms with Crippen LogP contribution in [-0.4, -0.2) is 43.8 Å². The van der Waals surface area contributed by atoms with E-state index in [0.717, 1.165) is 13.1 Å². The van der Waals surface area contributed by atoms with Crippen LogP contribution in [-0.2, 0) is 4.74 Å². The van der Waals surface area contributed by atoms with Gasteiger partial charge in [0.05, 0.1) is 6.10 Å². The number of methoxy groups -OCH3 is 1. The molecule has 0 heterocycles. The molecule has 1 atom stereocenters. The summed E-state index contributed by atoms with van der Waals surface area (Å²) in [7, 11) is 3.96. The number of nitrogens with two attached hydrogens (primary N) is 1. The van der Waals surface area contributed by atoms with Gasteiger partial charge in [0.1, 0.15) is 0 Å². The Bertz CT molecular complexity index is 178. The summed E-state index contributed by atoms with van der Waals surface area (Å²) < 4.78 is 5.32. The molecular formula is C12H26N2O. The Morgan fingerprint density at radius 3 is 2.40 bits per heavy atom. The fourth-order valence-corrected chi connectivity index (χ4v) is 2.61. The molecule has 15 heavy (non-hydrogen) atoms. The summed E-state index contributed by atoms with van der Waals surface area (Å²) >= 11 is 0. The maximum Gasteiger partial charge on any atom is 0.0670 e. The standard InChI is InChI=1S/C12H26N2O/c1-11(15-3)9-14(2)12(10-13)7-5-4-6-8-12/h11H,4-10,13H2,1-3H3. The second-order valence-corrected chi connectivity index (χ2v) is 4.92. The Morgan fingerprint density at radius 2 is 1.93 bits per heavy atom. The number of nitrogens with zero attached hydrogens (tertiary/aromatic N) is 1. The second-order valence-electron chi connectivity index (χ2n) is 4.92. The lowest BCUT2D eigenvalue weighted by molar-refractivity contribution is 0.0215. The van der Waals surface area contributed by atoms with E-state index in [0.29, 0.717) is 6.10 Å². The average Bonchev–Trinajstić information content (AvgIpc) is 2.29. The number of rotatable bonds is 5. The smallest absolute Gasteiger partial charge is 0.0670 e. The van der Waals surface area contributed by atoms with Gasteiger partial charge in [0.2, 0.25) is 0 Å². The topological polar surface area (TPSA) is 38.5 Å². The second kappa shape index (κ2) is 5.83. The van der Waals surface area contributed by atoms with E-state index in [1.54, 1.807) is 7.11 Å². The van der Waals surface area contributed by atoms with Crippen LogP contribution in [0.2, 0.25) is 0 Å². The van der Waals surface area contributed by atoms with Crippen LogP contribution in [0.5, 0.6) is 0 Å². The normalized spacial score (nSPS) is 23.0. The first-order valence-corrected chi connectivity index (χ1v) is 6.09. The minimum absolute atomic E-state index is 0.241. The molecule has 3 heteroatoms. The Balaban J connectivity index is 2.55. The number of hydrogen-bond donors (Lipinski definition) is 1. The van der Waals surface area contributed by atoms with Crippen molar-refractivity contribution in [1.82, 2.24) is 4.90 Å². The van der Waals surface area contributed by atoms with E-state index in [1.165, 1.54) is 32.1 Å². The van der Waals surface area contributed by atoms with E-state index in [1.807, 2.05) is 0 Å². The summed E-state index contributed by atoms with van der Waals surface area (Å²) in [5.74, 6) is 0. The van der Waals surface area contributed by atoms with Crippen molar-refractivity contribution < 1.29 is 4.74 Å². The summed E-state index contributed by atoms with van der Waals surface area (Å²) in [4.78, 5) is 2.42. The van der Waals surface area contributed by atoms with Crippen molar-refractivity contribution in [3.05, 3.63) is 0 Å². The lowest BCUT2D eigenvalue weighted by Gasteiger charge is -2.44. The minimum Gasteiger partial charge on any atom is -0.380 e. The molecule has 0 aliphatic heterocycles. The van der Waals surface area contributed by atoms with E-state index < -0.39 is 0 Å². The molecule has 0 bridgehead atoms. The van der Waals surface area contributed by atoms with Gasteiger partial charge in [-0.1, -0.05) is 19.3 Å². The number of hydrogen-bond acceptors (Lipinski definition) is 3. The largest absolute Gasteiger partial charge is 0.380 e. The summed E-state index contributed by atoms with van der Waals surface area (Å²) in [5.41, 5.74) is 6.21. The third-order valence-corrected chi connectivity index (χ3v) is 3.91. The predicted octanol–water partition coefficient (Wildman–Crippen LogP) is 1.61. The zero-order valence-corrected chi connectivity index (χ0v) is 10.5. The molecule has 0 radical (unpaired) electrons. The van der Waals surface area contributed by atoms with Gasteiger partial charge in [0.25, 0.3) is 0 Å². The minimum atomic E-state index is 0.241. The number of ether oxygens (including phenoxy) is 1. The predicted molar refractivity (Wildman–Crippen MR) is 64.0 cm³/mol. The van der Waals surface area contributed by atoms with Gasteiger partial charge in [-0.2, -0.15) is 0 Å². The first-order chi connectivity index (χ1) is 7.14. The molecule has 1 rings (SSSR count). The van der Waals surface area contributed by atoms with Gasteiger partial charge < -0.3 is 10.5 Å². The van der Waals surface area contributed by atoms with Gasteiger partial charge in [-0.25, -0.2) is 0 Å². The van der Waals surface area contributed by atoms with Crippen LogP contribution in [0.15, 0.2) is 0 Å². The highest BCUT2D eigenvalue weighted by atomic mass is 16.5. The van der Waals surface area contributed by atoms with Crippen molar-refractivity contribution in [2.24, 2.45) is 5.73 Å². The summed E-state index contributed by atoms with van der Waals surface area (Å²) in [6.45, 7) is 3.87. The SMILES string of the molecule is COC(C)CN(C)C1(CN)CCCCC1. The summed E-state index contributed by atoms with van der Waals surface area (Å²) in [6.07, 6.45) is 6.80. The molecule has 1 fully saturated rings. The van der Waals surface area contributed by atoms with Crippen molar-refractivity contribution in [2.45, 2.75) is 50.7 Å². The lowest BCUT2D eigenvalue weighted by Crippen LogP contribution is -2.55. The Hall–Kier alpha value is -0.120. The van der Waals surface area contributed by atoms with Crippen molar-refractivity contribution in [3.8, 4) is 0 Å². The Labute approximate surface area is 94.0 Å². The highest BCUT2D eigenvalue weighted by molar-refractivity contribution is 4.93. The molecule has 0 saturated heterocycles. The van der Waals surface area contributed by atoms with Gasteiger partial charge in [0, 0.05) is 25.7 Å². The lowest BCUT2D eigenvalue weighted by atomic mass is 9.80. The van der Waals surface area contributed by atoms with Crippen LogP contribution in [0.3, 0.4) is 0 Å². The van der Waals surface area contributed by atoms with E-state index in [4.69, 9.17) is 10.5 Å². The molecule has 0 aromatic rings. The number of likely N-dealkylation sites (N-methyl/N-ethyl adjacent to an activating group) is 1. The fourth-order valence-electron chi connectivity index (χ4n) is 2.61. The van der Waals surface area contributed by atoms with Crippen LogP contribution in [0.4, 0.5) is 0 Å². The van der Waals surface area contributed by atoms with E-state index >= 15 is 0 Å². The Kier molecular flexibility index (Phi) is 5.03. The van der Waals surface area contributed by atoms with Gasteiger partial charge in [-0.15, -0.1) is 0 Å². The van der Waals surface area contributed by atoms with Crippen molar-refractivity contribution in [3.63, 3.8) is 0 Å². The maximum absolute atomic E-state index is 5.97. The van der Waals surface area contributed by atoms with Gasteiger partial charge in [-0.3, -0.25) is 4.90 Å². The van der Waals surface area contributed by atoms with E-state index in [9.17, 15) is 0 Å². The zero-order valence-electron chi connectivity index (χ0n) is 10.5. The summed E-state index contributed by atoms with van der Waals surface area (Å²) in [5, 5.41) is 0. The van der Waals surface area contributed by atoms with E-state index in [-0.39, 0.29) is 5.54 Å². The summed E-state index contributed by atoms with van der Waals surface area (Å²) in [6, 6.07) is 0. The maximum atomic E-state index is 5.97. The molecule has 3 nitrogen and oxygen atoms in total. The first-order valence-electron chi connectivity index (χ1n) is 6.09. The van der Waals surface area contributed by atoms with Crippen LogP contribution in [0.1, 0.15) is 39.0 Å². The van der Waals surface area contributed by atoms with Crippen LogP contribution >= 0.6 is 0 Å². The Morgan fingerprint density at radius 1 is 1.33 bits per heavy atom. The molecular weight excluding hydrogens is 188 g/mol. The fraction of sp³-hybridized carbons (Fsp3) is 1.00. The van der Waals surface area contributed by atoms with Gasteiger partial charge in [-0.05, 0) is 26.8 Å². The van der Waals surface area contributed by atoms with Gasteiger partial charge in [0.15, 0.2) is 0 Å². The average molecular weight is 214 g/mol. The quantitative estimate of drug-likeness (QED) is 0.755. The molecule has 0 amide bonds. The molecule has 0 aromatic heterocycles. The molecule has 2 N–H and O–H groups in total. The third kappa shape index (κ3) is 3.16. The van der Waals surface area contributed by atoms with Crippen molar-refractivity contribution in [2.75, 3.05) is 27.2 Å². The molecule has 90 valence electrons. The molecule has 1 unspecified atom stereocenters.